The zero-order chi connectivity index (χ0) is 12.7. The van der Waals surface area contributed by atoms with Crippen LogP contribution in [0.3, 0.4) is 0 Å². The average molecular weight is 240 g/mol. The fraction of sp³-hybridized carbons (Fsp3) is 0.333. The molecule has 0 atom stereocenters. The number of anilines is 1. The van der Waals surface area contributed by atoms with Gasteiger partial charge in [0.05, 0.1) is 6.42 Å². The van der Waals surface area contributed by atoms with Crippen molar-refractivity contribution in [2.75, 3.05) is 11.9 Å². The number of nitrogens with one attached hydrogen (secondary N) is 2. The molecule has 0 aliphatic carbocycles. The predicted molar refractivity (Wildman–Crippen MR) is 57.5 cm³/mol. The SMILES string of the molecule is C=CCOC(=O)Nc1n[nH]c(CCC(=O)O)n1. The normalized spacial score (nSPS) is 9.65. The highest BCUT2D eigenvalue weighted by atomic mass is 16.5. The molecule has 1 heterocycles. The maximum Gasteiger partial charge on any atom is 0.414 e. The zero-order valence-electron chi connectivity index (χ0n) is 8.97. The minimum Gasteiger partial charge on any atom is -0.481 e. The predicted octanol–water partition coefficient (Wildman–Crippen LogP) is 0.556. The highest BCUT2D eigenvalue weighted by Gasteiger charge is 2.08. The van der Waals surface area contributed by atoms with Gasteiger partial charge in [-0.1, -0.05) is 12.7 Å². The van der Waals surface area contributed by atoms with Crippen molar-refractivity contribution in [2.24, 2.45) is 0 Å². The fourth-order valence-electron chi connectivity index (χ4n) is 0.950. The van der Waals surface area contributed by atoms with Crippen molar-refractivity contribution in [3.8, 4) is 0 Å². The first-order valence-electron chi connectivity index (χ1n) is 4.79. The summed E-state index contributed by atoms with van der Waals surface area (Å²) in [6.45, 7) is 3.47. The number of amides is 1. The molecule has 1 aromatic rings. The molecule has 8 heteroatoms. The summed E-state index contributed by atoms with van der Waals surface area (Å²) in [6, 6.07) is 0. The summed E-state index contributed by atoms with van der Waals surface area (Å²) in [7, 11) is 0. The lowest BCUT2D eigenvalue weighted by Gasteiger charge is -1.99. The molecule has 8 nitrogen and oxygen atoms in total. The molecule has 0 bridgehead atoms. The third kappa shape index (κ3) is 4.78. The molecule has 0 saturated heterocycles. The molecule has 17 heavy (non-hydrogen) atoms. The number of hydrogen-bond donors (Lipinski definition) is 3. The quantitative estimate of drug-likeness (QED) is 0.625. The van der Waals surface area contributed by atoms with Gasteiger partial charge in [-0.15, -0.1) is 5.10 Å². The molecule has 1 amide bonds. The van der Waals surface area contributed by atoms with E-state index in [9.17, 15) is 9.59 Å². The molecule has 1 aromatic heterocycles. The van der Waals surface area contributed by atoms with Crippen molar-refractivity contribution in [1.29, 1.82) is 0 Å². The highest BCUT2D eigenvalue weighted by Crippen LogP contribution is 2.01. The molecule has 0 aromatic carbocycles. The molecule has 0 radical (unpaired) electrons. The Morgan fingerprint density at radius 1 is 1.59 bits per heavy atom. The number of ether oxygens (including phenoxy) is 1. The lowest BCUT2D eigenvalue weighted by atomic mass is 10.3. The van der Waals surface area contributed by atoms with Gasteiger partial charge in [0.15, 0.2) is 0 Å². The Balaban J connectivity index is 2.42. The van der Waals surface area contributed by atoms with Crippen LogP contribution in [-0.2, 0) is 16.0 Å². The first kappa shape index (κ1) is 12.7. The van der Waals surface area contributed by atoms with Crippen molar-refractivity contribution in [1.82, 2.24) is 15.2 Å². The Kier molecular flexibility index (Phi) is 4.67. The van der Waals surface area contributed by atoms with E-state index in [0.29, 0.717) is 5.82 Å². The van der Waals surface area contributed by atoms with Crippen molar-refractivity contribution < 1.29 is 19.4 Å². The summed E-state index contributed by atoms with van der Waals surface area (Å²) in [5, 5.41) is 16.9. The number of aryl methyl sites for hydroxylation is 1. The smallest absolute Gasteiger partial charge is 0.414 e. The number of H-pyrrole nitrogens is 1. The number of hydrogen-bond acceptors (Lipinski definition) is 5. The second-order valence-electron chi connectivity index (χ2n) is 3.01. The molecule has 0 unspecified atom stereocenters. The minimum absolute atomic E-state index is 0.0412. The molecule has 0 saturated carbocycles. The van der Waals surface area contributed by atoms with Crippen LogP contribution < -0.4 is 5.32 Å². The van der Waals surface area contributed by atoms with Gasteiger partial charge in [-0.2, -0.15) is 4.98 Å². The van der Waals surface area contributed by atoms with Crippen LogP contribution in [0.25, 0.3) is 0 Å². The maximum atomic E-state index is 11.1. The van der Waals surface area contributed by atoms with Crippen LogP contribution in [0.1, 0.15) is 12.2 Å². The number of carbonyl (C=O) groups excluding carboxylic acids is 1. The van der Waals surface area contributed by atoms with Crippen molar-refractivity contribution in [3.05, 3.63) is 18.5 Å². The molecule has 0 fully saturated rings. The molecular weight excluding hydrogens is 228 g/mol. The first-order valence-corrected chi connectivity index (χ1v) is 4.79. The number of carbonyl (C=O) groups is 2. The van der Waals surface area contributed by atoms with Gasteiger partial charge in [0.2, 0.25) is 0 Å². The summed E-state index contributed by atoms with van der Waals surface area (Å²) in [5.74, 6) is -0.507. The van der Waals surface area contributed by atoms with E-state index in [1.807, 2.05) is 0 Å². The van der Waals surface area contributed by atoms with E-state index in [1.54, 1.807) is 0 Å². The topological polar surface area (TPSA) is 117 Å². The highest BCUT2D eigenvalue weighted by molar-refractivity contribution is 5.82. The van der Waals surface area contributed by atoms with Gasteiger partial charge in [0.25, 0.3) is 5.95 Å². The Morgan fingerprint density at radius 3 is 3.00 bits per heavy atom. The molecule has 0 spiro atoms. The Hall–Kier alpha value is -2.38. The van der Waals surface area contributed by atoms with Crippen LogP contribution in [0.4, 0.5) is 10.7 Å². The molecule has 92 valence electrons. The number of aromatic amines is 1. The van der Waals surface area contributed by atoms with E-state index in [2.05, 4.69) is 31.8 Å². The van der Waals surface area contributed by atoms with Crippen LogP contribution in [-0.4, -0.2) is 39.0 Å². The van der Waals surface area contributed by atoms with Crippen molar-refractivity contribution in [3.63, 3.8) is 0 Å². The molecule has 0 aliphatic heterocycles. The van der Waals surface area contributed by atoms with E-state index in [0.717, 1.165) is 0 Å². The van der Waals surface area contributed by atoms with E-state index in [-0.39, 0.29) is 25.4 Å². The van der Waals surface area contributed by atoms with Crippen molar-refractivity contribution >= 4 is 18.0 Å². The third-order valence-electron chi connectivity index (χ3n) is 1.65. The summed E-state index contributed by atoms with van der Waals surface area (Å²) in [4.78, 5) is 25.3. The Labute approximate surface area is 96.7 Å². The van der Waals surface area contributed by atoms with Gasteiger partial charge >= 0.3 is 12.1 Å². The monoisotopic (exact) mass is 240 g/mol. The number of rotatable bonds is 6. The molecule has 1 rings (SSSR count). The summed E-state index contributed by atoms with van der Waals surface area (Å²) >= 11 is 0. The second kappa shape index (κ2) is 6.26. The van der Waals surface area contributed by atoms with Crippen LogP contribution in [0.2, 0.25) is 0 Å². The number of aliphatic carboxylic acids is 1. The van der Waals surface area contributed by atoms with Crippen LogP contribution in [0, 0.1) is 0 Å². The average Bonchev–Trinajstić information content (AvgIpc) is 2.71. The lowest BCUT2D eigenvalue weighted by Crippen LogP contribution is -2.14. The number of aromatic nitrogens is 3. The Bertz CT molecular complexity index is 415. The second-order valence-corrected chi connectivity index (χ2v) is 3.01. The first-order chi connectivity index (χ1) is 8.11. The zero-order valence-corrected chi connectivity index (χ0v) is 8.97. The Morgan fingerprint density at radius 2 is 2.35 bits per heavy atom. The van der Waals surface area contributed by atoms with Gasteiger partial charge in [-0.3, -0.25) is 15.2 Å². The lowest BCUT2D eigenvalue weighted by molar-refractivity contribution is -0.137. The van der Waals surface area contributed by atoms with Gasteiger partial charge in [-0.05, 0) is 0 Å². The van der Waals surface area contributed by atoms with Crippen LogP contribution in [0.15, 0.2) is 12.7 Å². The standard InChI is InChI=1S/C9H12N4O4/c1-2-5-17-9(16)11-8-10-6(12-13-8)3-4-7(14)15/h2H,1,3-5H2,(H,14,15)(H2,10,11,12,13,16). The largest absolute Gasteiger partial charge is 0.481 e. The summed E-state index contributed by atoms with van der Waals surface area (Å²) in [6.07, 6.45) is 0.880. The minimum atomic E-state index is -0.929. The summed E-state index contributed by atoms with van der Waals surface area (Å²) in [5.41, 5.74) is 0. The van der Waals surface area contributed by atoms with Crippen molar-refractivity contribution in [2.45, 2.75) is 12.8 Å². The van der Waals surface area contributed by atoms with Gasteiger partial charge in [-0.25, -0.2) is 4.79 Å². The number of carboxylic acid groups (broad SMARTS) is 1. The van der Waals surface area contributed by atoms with Crippen LogP contribution in [0.5, 0.6) is 0 Å². The van der Waals surface area contributed by atoms with E-state index < -0.39 is 12.1 Å². The van der Waals surface area contributed by atoms with E-state index in [1.165, 1.54) is 6.08 Å². The fourth-order valence-corrected chi connectivity index (χ4v) is 0.950. The maximum absolute atomic E-state index is 11.1. The summed E-state index contributed by atoms with van der Waals surface area (Å²) < 4.78 is 4.65. The molecule has 3 N–H and O–H groups in total. The molecular formula is C9H12N4O4. The number of carboxylic acids is 1. The van der Waals surface area contributed by atoms with Gasteiger partial charge in [0, 0.05) is 6.42 Å². The van der Waals surface area contributed by atoms with Crippen LogP contribution >= 0.6 is 0 Å². The van der Waals surface area contributed by atoms with E-state index >= 15 is 0 Å². The van der Waals surface area contributed by atoms with Gasteiger partial charge in [0.1, 0.15) is 12.4 Å². The van der Waals surface area contributed by atoms with E-state index in [4.69, 9.17) is 5.11 Å². The molecule has 0 aliphatic rings. The third-order valence-corrected chi connectivity index (χ3v) is 1.65. The number of nitrogens with zero attached hydrogens (tertiary/aromatic N) is 2. The van der Waals surface area contributed by atoms with Gasteiger partial charge < -0.3 is 9.84 Å².